The van der Waals surface area contributed by atoms with E-state index in [-0.39, 0.29) is 32.2 Å². The number of ether oxygens (including phenoxy) is 4. The van der Waals surface area contributed by atoms with E-state index < -0.39 is 24.3 Å². The molecule has 0 aromatic heterocycles. The fourth-order valence-corrected chi connectivity index (χ4v) is 8.07. The Kier molecular flexibility index (Phi) is 49.5. The third kappa shape index (κ3) is 52.9. The summed E-state index contributed by atoms with van der Waals surface area (Å²) >= 11 is 0. The van der Waals surface area contributed by atoms with E-state index >= 15 is 0 Å². The van der Waals surface area contributed by atoms with Gasteiger partial charge in [-0.15, -0.1) is 0 Å². The van der Waals surface area contributed by atoms with Crippen LogP contribution in [-0.4, -0.2) is 87.4 Å². The van der Waals surface area contributed by atoms with E-state index in [0.717, 1.165) is 70.6 Å². The number of esters is 2. The second-order valence-electron chi connectivity index (χ2n) is 20.6. The highest BCUT2D eigenvalue weighted by Crippen LogP contribution is 2.16. The Morgan fingerprint density at radius 2 is 0.783 bits per heavy atom. The molecule has 0 amide bonds. The molecule has 69 heavy (non-hydrogen) atoms. The first-order chi connectivity index (χ1) is 33.6. The molecule has 0 radical (unpaired) electrons. The number of carboxylic acid groups (broad SMARTS) is 1. The smallest absolute Gasteiger partial charge is 0.361 e. The molecule has 9 heteroatoms. The summed E-state index contributed by atoms with van der Waals surface area (Å²) in [4.78, 5) is 37.3. The van der Waals surface area contributed by atoms with Crippen LogP contribution in [0.4, 0.5) is 0 Å². The van der Waals surface area contributed by atoms with Crippen molar-refractivity contribution in [2.24, 2.45) is 0 Å². The molecule has 0 spiro atoms. The van der Waals surface area contributed by atoms with Crippen LogP contribution >= 0.6 is 0 Å². The maximum Gasteiger partial charge on any atom is 0.361 e. The lowest BCUT2D eigenvalue weighted by molar-refractivity contribution is -0.870. The molecule has 0 aliphatic carbocycles. The summed E-state index contributed by atoms with van der Waals surface area (Å²) in [5.41, 5.74) is 0. The van der Waals surface area contributed by atoms with Gasteiger partial charge in [0.1, 0.15) is 13.2 Å². The Morgan fingerprint density at radius 3 is 1.19 bits per heavy atom. The van der Waals surface area contributed by atoms with Gasteiger partial charge in [-0.1, -0.05) is 217 Å². The average molecular weight is 974 g/mol. The van der Waals surface area contributed by atoms with Crippen molar-refractivity contribution in [2.75, 3.05) is 47.5 Å². The SMILES string of the molecule is CCCCCC/C=C\CCCCCCCC(=O)OCC(COC(OCC[N+](C)(C)C)C(=O)O)OC(=O)CCCCCCCCCCCCCCCCCC/C=C\C/C=C\C/C=C\CCCCCCC. The molecule has 2 atom stereocenters. The molecule has 0 saturated carbocycles. The van der Waals surface area contributed by atoms with E-state index in [0.29, 0.717) is 17.4 Å². The molecule has 0 saturated heterocycles. The number of nitrogens with zero attached hydrogens (tertiary/aromatic N) is 1. The summed E-state index contributed by atoms with van der Waals surface area (Å²) in [5.74, 6) is -2.01. The van der Waals surface area contributed by atoms with Gasteiger partial charge in [-0.25, -0.2) is 4.79 Å². The van der Waals surface area contributed by atoms with Crippen LogP contribution < -0.4 is 0 Å². The van der Waals surface area contributed by atoms with Crippen LogP contribution in [0.3, 0.4) is 0 Å². The number of likely N-dealkylation sites (N-methyl/N-ethyl adjacent to an activating group) is 1. The van der Waals surface area contributed by atoms with Gasteiger partial charge in [0.25, 0.3) is 6.29 Å². The second kappa shape index (κ2) is 51.6. The van der Waals surface area contributed by atoms with E-state index in [9.17, 15) is 19.5 Å². The number of hydrogen-bond acceptors (Lipinski definition) is 7. The normalized spacial score (nSPS) is 13.1. The number of allylic oxidation sites excluding steroid dienone is 8. The van der Waals surface area contributed by atoms with Gasteiger partial charge in [-0.2, -0.15) is 0 Å². The quantitative estimate of drug-likeness (QED) is 0.0211. The molecule has 0 bridgehead atoms. The van der Waals surface area contributed by atoms with Gasteiger partial charge in [0.2, 0.25) is 0 Å². The van der Waals surface area contributed by atoms with Crippen molar-refractivity contribution >= 4 is 17.9 Å². The first kappa shape index (κ1) is 66.2. The minimum atomic E-state index is -1.51. The van der Waals surface area contributed by atoms with Crippen LogP contribution in [0.15, 0.2) is 48.6 Å². The summed E-state index contributed by atoms with van der Waals surface area (Å²) in [6, 6.07) is 0. The van der Waals surface area contributed by atoms with E-state index in [4.69, 9.17) is 18.9 Å². The van der Waals surface area contributed by atoms with E-state index in [1.54, 1.807) is 0 Å². The van der Waals surface area contributed by atoms with Crippen LogP contribution in [0, 0.1) is 0 Å². The van der Waals surface area contributed by atoms with Crippen LogP contribution in [0.5, 0.6) is 0 Å². The van der Waals surface area contributed by atoms with Crippen molar-refractivity contribution in [3.63, 3.8) is 0 Å². The van der Waals surface area contributed by atoms with Gasteiger partial charge >= 0.3 is 17.9 Å². The fraction of sp³-hybridized carbons (Fsp3) is 0.817. The van der Waals surface area contributed by atoms with Gasteiger partial charge in [-0.05, 0) is 77.0 Å². The van der Waals surface area contributed by atoms with Gasteiger partial charge in [0.15, 0.2) is 6.10 Å². The van der Waals surface area contributed by atoms with Gasteiger partial charge in [0, 0.05) is 12.8 Å². The Balaban J connectivity index is 4.12. The maximum absolute atomic E-state index is 12.9. The zero-order chi connectivity index (χ0) is 50.6. The third-order valence-corrected chi connectivity index (χ3v) is 12.6. The highest BCUT2D eigenvalue weighted by atomic mass is 16.7. The zero-order valence-corrected chi connectivity index (χ0v) is 45.7. The number of aliphatic carboxylic acids is 1. The zero-order valence-electron chi connectivity index (χ0n) is 45.7. The monoisotopic (exact) mass is 973 g/mol. The number of hydrogen-bond donors (Lipinski definition) is 1. The number of rotatable bonds is 53. The van der Waals surface area contributed by atoms with Gasteiger partial charge in [0.05, 0.1) is 34.4 Å². The molecule has 402 valence electrons. The first-order valence-corrected chi connectivity index (χ1v) is 28.8. The van der Waals surface area contributed by atoms with E-state index in [1.807, 2.05) is 21.1 Å². The molecule has 0 heterocycles. The lowest BCUT2D eigenvalue weighted by Gasteiger charge is -2.25. The molecule has 0 aliphatic rings. The molecule has 2 unspecified atom stereocenters. The average Bonchev–Trinajstić information content (AvgIpc) is 3.31. The van der Waals surface area contributed by atoms with Crippen LogP contribution in [0.1, 0.15) is 258 Å². The first-order valence-electron chi connectivity index (χ1n) is 28.8. The summed E-state index contributed by atoms with van der Waals surface area (Å²) in [6.07, 6.45) is 60.5. The predicted molar refractivity (Wildman–Crippen MR) is 290 cm³/mol. The number of carboxylic acids is 1. The topological polar surface area (TPSA) is 108 Å². The molecule has 0 aromatic carbocycles. The lowest BCUT2D eigenvalue weighted by Crippen LogP contribution is -2.40. The lowest BCUT2D eigenvalue weighted by atomic mass is 10.0. The summed E-state index contributed by atoms with van der Waals surface area (Å²) in [6.45, 7) is 4.86. The van der Waals surface area contributed by atoms with Crippen molar-refractivity contribution in [1.82, 2.24) is 0 Å². The third-order valence-electron chi connectivity index (χ3n) is 12.6. The molecule has 0 aliphatic heterocycles. The minimum absolute atomic E-state index is 0.185. The minimum Gasteiger partial charge on any atom is -0.477 e. The van der Waals surface area contributed by atoms with Crippen molar-refractivity contribution in [3.05, 3.63) is 48.6 Å². The standard InChI is InChI=1S/C60H109NO8/c1-6-8-10-12-14-16-18-20-21-22-23-24-25-26-27-28-29-30-31-32-33-34-35-36-37-39-41-43-45-47-49-51-58(63)69-56(55-68-60(59(64)65)66-53-52-61(3,4)5)54-67-57(62)50-48-46-44-42-40-38-19-17-15-13-11-9-7-2/h17-20,22-23,25-26,56,60H,6-16,21,24,27-55H2,1-5H3/p+1/b19-17-,20-18-,23-22-,26-25-. The summed E-state index contributed by atoms with van der Waals surface area (Å²) < 4.78 is 22.8. The molecular formula is C60H110NO8+. The maximum atomic E-state index is 12.9. The molecule has 1 N–H and O–H groups in total. The predicted octanol–water partition coefficient (Wildman–Crippen LogP) is 16.7. The van der Waals surface area contributed by atoms with Crippen LogP contribution in [0.2, 0.25) is 0 Å². The van der Waals surface area contributed by atoms with Crippen molar-refractivity contribution in [3.8, 4) is 0 Å². The molecule has 0 rings (SSSR count). The Labute approximate surface area is 425 Å². The van der Waals surface area contributed by atoms with Crippen molar-refractivity contribution in [2.45, 2.75) is 270 Å². The number of carbonyl (C=O) groups excluding carboxylic acids is 2. The number of quaternary nitrogens is 1. The Morgan fingerprint density at radius 1 is 0.435 bits per heavy atom. The van der Waals surface area contributed by atoms with Gasteiger partial charge in [-0.3, -0.25) is 9.59 Å². The van der Waals surface area contributed by atoms with Crippen LogP contribution in [-0.2, 0) is 33.3 Å². The number of carbonyl (C=O) groups is 3. The van der Waals surface area contributed by atoms with Crippen molar-refractivity contribution in [1.29, 1.82) is 0 Å². The largest absolute Gasteiger partial charge is 0.477 e. The van der Waals surface area contributed by atoms with E-state index in [1.165, 1.54) is 161 Å². The van der Waals surface area contributed by atoms with Gasteiger partial charge < -0.3 is 28.5 Å². The summed E-state index contributed by atoms with van der Waals surface area (Å²) in [7, 11) is 5.96. The van der Waals surface area contributed by atoms with Crippen molar-refractivity contribution < 1.29 is 42.9 Å². The molecule has 0 aromatic rings. The fourth-order valence-electron chi connectivity index (χ4n) is 8.07. The molecular weight excluding hydrogens is 863 g/mol. The molecule has 9 nitrogen and oxygen atoms in total. The highest BCUT2D eigenvalue weighted by Gasteiger charge is 2.25. The number of unbranched alkanes of at least 4 members (excludes halogenated alkanes) is 30. The summed E-state index contributed by atoms with van der Waals surface area (Å²) in [5, 5.41) is 9.68. The van der Waals surface area contributed by atoms with E-state index in [2.05, 4.69) is 62.5 Å². The van der Waals surface area contributed by atoms with Crippen LogP contribution in [0.25, 0.3) is 0 Å². The second-order valence-corrected chi connectivity index (χ2v) is 20.6. The molecule has 0 fully saturated rings. The Hall–Kier alpha value is -2.75. The Bertz CT molecular complexity index is 1270. The highest BCUT2D eigenvalue weighted by molar-refractivity contribution is 5.71.